The van der Waals surface area contributed by atoms with Crippen LogP contribution in [-0.2, 0) is 6.42 Å². The second-order valence-electron chi connectivity index (χ2n) is 7.03. The Morgan fingerprint density at radius 1 is 1.18 bits per heavy atom. The van der Waals surface area contributed by atoms with E-state index < -0.39 is 0 Å². The first-order chi connectivity index (χ1) is 13.7. The number of rotatable bonds is 7. The van der Waals surface area contributed by atoms with E-state index in [4.69, 9.17) is 11.6 Å². The van der Waals surface area contributed by atoms with E-state index in [9.17, 15) is 0 Å². The first kappa shape index (κ1) is 17.1. The molecule has 3 aromatic heterocycles. The van der Waals surface area contributed by atoms with Gasteiger partial charge in [0.25, 0.3) is 0 Å². The lowest BCUT2D eigenvalue weighted by Gasteiger charge is -2.10. The van der Waals surface area contributed by atoms with Crippen LogP contribution in [0.5, 0.6) is 0 Å². The number of anilines is 3. The molecule has 4 aromatic rings. The van der Waals surface area contributed by atoms with E-state index in [1.54, 1.807) is 0 Å². The van der Waals surface area contributed by atoms with Gasteiger partial charge in [-0.2, -0.15) is 10.1 Å². The molecule has 3 heterocycles. The van der Waals surface area contributed by atoms with Crippen molar-refractivity contribution in [3.63, 3.8) is 0 Å². The van der Waals surface area contributed by atoms with Gasteiger partial charge in [-0.05, 0) is 49.1 Å². The smallest absolute Gasteiger partial charge is 0.243 e. The summed E-state index contributed by atoms with van der Waals surface area (Å²) in [5.74, 6) is 2.76. The van der Waals surface area contributed by atoms with E-state index in [2.05, 4.69) is 37.0 Å². The fourth-order valence-electron chi connectivity index (χ4n) is 3.19. The molecule has 0 atom stereocenters. The Balaban J connectivity index is 1.32. The fourth-order valence-corrected chi connectivity index (χ4v) is 3.31. The lowest BCUT2D eigenvalue weighted by atomic mass is 10.1. The van der Waals surface area contributed by atoms with Gasteiger partial charge in [-0.25, -0.2) is 4.52 Å². The molecule has 28 heavy (non-hydrogen) atoms. The maximum absolute atomic E-state index is 5.94. The highest BCUT2D eigenvalue weighted by Gasteiger charge is 2.26. The summed E-state index contributed by atoms with van der Waals surface area (Å²) >= 11 is 5.94. The molecule has 0 radical (unpaired) electrons. The maximum Gasteiger partial charge on any atom is 0.243 e. The molecular formula is C20H20ClN7. The number of benzene rings is 1. The average molecular weight is 394 g/mol. The molecule has 5 rings (SSSR count). The number of hydrogen-bond acceptors (Lipinski definition) is 5. The van der Waals surface area contributed by atoms with E-state index in [0.717, 1.165) is 40.8 Å². The van der Waals surface area contributed by atoms with Crippen molar-refractivity contribution in [3.05, 3.63) is 64.9 Å². The van der Waals surface area contributed by atoms with Gasteiger partial charge in [-0.3, -0.25) is 5.10 Å². The maximum atomic E-state index is 5.94. The van der Waals surface area contributed by atoms with Gasteiger partial charge in [0.05, 0.1) is 5.69 Å². The summed E-state index contributed by atoms with van der Waals surface area (Å²) in [6, 6.07) is 13.9. The third-order valence-electron chi connectivity index (χ3n) is 4.85. The first-order valence-electron chi connectivity index (χ1n) is 9.41. The van der Waals surface area contributed by atoms with E-state index in [1.165, 1.54) is 18.4 Å². The second-order valence-corrected chi connectivity index (χ2v) is 7.47. The molecule has 142 valence electrons. The molecule has 0 unspecified atom stereocenters. The summed E-state index contributed by atoms with van der Waals surface area (Å²) in [5.41, 5.74) is 3.23. The highest BCUT2D eigenvalue weighted by molar-refractivity contribution is 6.30. The van der Waals surface area contributed by atoms with E-state index in [1.807, 2.05) is 47.1 Å². The van der Waals surface area contributed by atoms with Crippen LogP contribution < -0.4 is 10.6 Å². The molecule has 1 aromatic carbocycles. The van der Waals surface area contributed by atoms with Crippen molar-refractivity contribution in [2.45, 2.75) is 25.2 Å². The number of fused-ring (bicyclic) bond motifs is 1. The molecule has 0 bridgehead atoms. The van der Waals surface area contributed by atoms with Gasteiger partial charge >= 0.3 is 0 Å². The van der Waals surface area contributed by atoms with Crippen molar-refractivity contribution >= 4 is 34.7 Å². The zero-order valence-corrected chi connectivity index (χ0v) is 15.9. The van der Waals surface area contributed by atoms with Crippen LogP contribution in [0.4, 0.5) is 17.6 Å². The Hall–Kier alpha value is -3.06. The predicted octanol–water partition coefficient (Wildman–Crippen LogP) is 4.38. The highest BCUT2D eigenvalue weighted by Crippen LogP contribution is 2.39. The van der Waals surface area contributed by atoms with Crippen LogP contribution in [0.25, 0.3) is 5.52 Å². The molecule has 0 saturated heterocycles. The number of nitrogens with one attached hydrogen (secondary N) is 3. The van der Waals surface area contributed by atoms with Crippen molar-refractivity contribution in [2.24, 2.45) is 0 Å². The topological polar surface area (TPSA) is 82.9 Å². The molecule has 1 saturated carbocycles. The lowest BCUT2D eigenvalue weighted by molar-refractivity contribution is 0.886. The molecule has 1 fully saturated rings. The minimum Gasteiger partial charge on any atom is -0.353 e. The quantitative estimate of drug-likeness (QED) is 0.434. The summed E-state index contributed by atoms with van der Waals surface area (Å²) in [6.45, 7) is 0.726. The third kappa shape index (κ3) is 3.66. The fraction of sp³-hybridized carbons (Fsp3) is 0.250. The zero-order chi connectivity index (χ0) is 18.9. The summed E-state index contributed by atoms with van der Waals surface area (Å²) < 4.78 is 1.82. The van der Waals surface area contributed by atoms with Crippen molar-refractivity contribution in [1.29, 1.82) is 0 Å². The van der Waals surface area contributed by atoms with Crippen LogP contribution in [0, 0.1) is 0 Å². The molecule has 7 nitrogen and oxygen atoms in total. The molecule has 1 aliphatic carbocycles. The number of halogens is 1. The molecule has 0 amide bonds. The minimum atomic E-state index is 0.571. The van der Waals surface area contributed by atoms with Crippen molar-refractivity contribution in [1.82, 2.24) is 24.8 Å². The number of nitrogens with zero attached hydrogens (tertiary/aromatic N) is 4. The van der Waals surface area contributed by atoms with Crippen LogP contribution >= 0.6 is 11.6 Å². The van der Waals surface area contributed by atoms with Gasteiger partial charge < -0.3 is 10.6 Å². The van der Waals surface area contributed by atoms with Gasteiger partial charge in [0.15, 0.2) is 5.82 Å². The van der Waals surface area contributed by atoms with E-state index in [0.29, 0.717) is 11.9 Å². The predicted molar refractivity (Wildman–Crippen MR) is 110 cm³/mol. The first-order valence-corrected chi connectivity index (χ1v) is 9.78. The van der Waals surface area contributed by atoms with Crippen LogP contribution in [0.1, 0.15) is 30.0 Å². The van der Waals surface area contributed by atoms with E-state index in [-0.39, 0.29) is 0 Å². The molecule has 0 aliphatic heterocycles. The van der Waals surface area contributed by atoms with Gasteiger partial charge in [-0.1, -0.05) is 23.7 Å². The van der Waals surface area contributed by atoms with Crippen LogP contribution in [-0.4, -0.2) is 31.3 Å². The Bertz CT molecular complexity index is 1100. The van der Waals surface area contributed by atoms with Crippen LogP contribution in [0.15, 0.2) is 48.7 Å². The van der Waals surface area contributed by atoms with Gasteiger partial charge in [0.1, 0.15) is 11.3 Å². The van der Waals surface area contributed by atoms with E-state index >= 15 is 0 Å². The molecular weight excluding hydrogens is 374 g/mol. The van der Waals surface area contributed by atoms with Crippen LogP contribution in [0.2, 0.25) is 5.02 Å². The lowest BCUT2D eigenvalue weighted by Crippen LogP contribution is -2.11. The number of aromatic nitrogens is 5. The minimum absolute atomic E-state index is 0.571. The Labute approximate surface area is 167 Å². The summed E-state index contributed by atoms with van der Waals surface area (Å²) in [7, 11) is 0. The molecule has 3 N–H and O–H groups in total. The standard InChI is InChI=1S/C20H20ClN7/c21-15-7-3-13(4-8-15)9-10-22-20-24-19(17-2-1-11-28(17)27-20)23-18-12-16(25-26-18)14-5-6-14/h1-4,7-8,11-12,14H,5-6,9-10H2,(H3,22,23,24,25,26,27). The molecule has 1 aliphatic rings. The van der Waals surface area contributed by atoms with Crippen LogP contribution in [0.3, 0.4) is 0 Å². The average Bonchev–Trinajstić information content (AvgIpc) is 3.25. The highest BCUT2D eigenvalue weighted by atomic mass is 35.5. The summed E-state index contributed by atoms with van der Waals surface area (Å²) in [4.78, 5) is 4.66. The monoisotopic (exact) mass is 393 g/mol. The Morgan fingerprint density at radius 2 is 2.04 bits per heavy atom. The summed E-state index contributed by atoms with van der Waals surface area (Å²) in [6.07, 6.45) is 5.22. The zero-order valence-electron chi connectivity index (χ0n) is 15.2. The largest absolute Gasteiger partial charge is 0.353 e. The normalized spacial score (nSPS) is 13.8. The number of aromatic amines is 1. The Kier molecular flexibility index (Phi) is 4.37. The Morgan fingerprint density at radius 3 is 2.86 bits per heavy atom. The number of hydrogen-bond donors (Lipinski definition) is 3. The molecule has 8 heteroatoms. The van der Waals surface area contributed by atoms with Gasteiger partial charge in [0, 0.05) is 29.7 Å². The van der Waals surface area contributed by atoms with Gasteiger partial charge in [-0.15, -0.1) is 5.10 Å². The summed E-state index contributed by atoms with van der Waals surface area (Å²) in [5, 5.41) is 19.4. The second kappa shape index (κ2) is 7.16. The van der Waals surface area contributed by atoms with Crippen molar-refractivity contribution in [2.75, 3.05) is 17.2 Å². The third-order valence-corrected chi connectivity index (χ3v) is 5.10. The number of H-pyrrole nitrogens is 1. The molecule has 0 spiro atoms. The SMILES string of the molecule is Clc1ccc(CCNc2nc(Nc3cc(C4CC4)n[nH]3)c3cccn3n2)cc1. The van der Waals surface area contributed by atoms with Crippen molar-refractivity contribution < 1.29 is 0 Å². The van der Waals surface area contributed by atoms with Crippen molar-refractivity contribution in [3.8, 4) is 0 Å². The van der Waals surface area contributed by atoms with Gasteiger partial charge in [0.2, 0.25) is 5.95 Å².